The summed E-state index contributed by atoms with van der Waals surface area (Å²) in [7, 11) is 0. The Balaban J connectivity index is 1.65. The van der Waals surface area contributed by atoms with E-state index in [1.165, 1.54) is 11.1 Å². The molecule has 0 radical (unpaired) electrons. The molecule has 0 unspecified atom stereocenters. The maximum atomic E-state index is 5.07. The van der Waals surface area contributed by atoms with Gasteiger partial charge in [0.25, 0.3) is 0 Å². The number of benzene rings is 4. The fourth-order valence-electron chi connectivity index (χ4n) is 3.77. The van der Waals surface area contributed by atoms with E-state index in [1.54, 1.807) is 0 Å². The summed E-state index contributed by atoms with van der Waals surface area (Å²) in [6.45, 7) is 4.17. The molecule has 0 aromatic heterocycles. The topological polar surface area (TPSA) is 40.0 Å². The van der Waals surface area contributed by atoms with Crippen molar-refractivity contribution in [3.8, 4) is 0 Å². The van der Waals surface area contributed by atoms with Crippen molar-refractivity contribution >= 4 is 34.4 Å². The summed E-state index contributed by atoms with van der Waals surface area (Å²) in [5.41, 5.74) is 7.09. The van der Waals surface area contributed by atoms with E-state index in [4.69, 9.17) is 9.98 Å². The van der Waals surface area contributed by atoms with E-state index in [0.717, 1.165) is 40.1 Å². The van der Waals surface area contributed by atoms with Crippen LogP contribution in [-0.2, 0) is 0 Å². The Hall–Kier alpha value is -4.44. The molecule has 0 atom stereocenters. The van der Waals surface area contributed by atoms with Crippen molar-refractivity contribution in [1.29, 1.82) is 0 Å². The fourth-order valence-corrected chi connectivity index (χ4v) is 3.77. The molecular weight excluding hydrogens is 416 g/mol. The van der Waals surface area contributed by atoms with Gasteiger partial charge in [-0.25, -0.2) is 9.98 Å². The fraction of sp³-hybridized carbons (Fsp3) is 0.0667. The van der Waals surface area contributed by atoms with Crippen LogP contribution in [0, 0.1) is 13.8 Å². The van der Waals surface area contributed by atoms with E-state index < -0.39 is 0 Å². The van der Waals surface area contributed by atoms with Crippen LogP contribution in [0.5, 0.6) is 0 Å². The van der Waals surface area contributed by atoms with Crippen LogP contribution in [-0.4, -0.2) is 11.7 Å². The average Bonchev–Trinajstić information content (AvgIpc) is 3.19. The van der Waals surface area contributed by atoms with Gasteiger partial charge in [-0.05, 0) is 62.4 Å². The first kappa shape index (κ1) is 21.4. The van der Waals surface area contributed by atoms with Crippen molar-refractivity contribution in [1.82, 2.24) is 0 Å². The minimum atomic E-state index is 0.797. The van der Waals surface area contributed by atoms with Gasteiger partial charge in [0.2, 0.25) is 0 Å². The van der Waals surface area contributed by atoms with E-state index in [1.807, 2.05) is 60.7 Å². The molecule has 0 fully saturated rings. The zero-order chi connectivity index (χ0) is 23.3. The van der Waals surface area contributed by atoms with Crippen LogP contribution in [0.2, 0.25) is 0 Å². The van der Waals surface area contributed by atoms with Gasteiger partial charge in [-0.1, -0.05) is 71.8 Å². The van der Waals surface area contributed by atoms with Crippen LogP contribution < -0.4 is 10.2 Å². The summed E-state index contributed by atoms with van der Waals surface area (Å²) in [6.07, 6.45) is 2.06. The normalized spacial score (nSPS) is 15.6. The van der Waals surface area contributed by atoms with E-state index in [0.29, 0.717) is 0 Å². The number of nitrogens with one attached hydrogen (secondary N) is 1. The summed E-state index contributed by atoms with van der Waals surface area (Å²) >= 11 is 0. The largest absolute Gasteiger partial charge is 0.352 e. The number of amidine groups is 2. The predicted octanol–water partition coefficient (Wildman–Crippen LogP) is 7.58. The van der Waals surface area contributed by atoms with Crippen LogP contribution in [0.4, 0.5) is 22.7 Å². The molecule has 1 aliphatic rings. The molecule has 0 amide bonds. The van der Waals surface area contributed by atoms with Crippen molar-refractivity contribution in [2.45, 2.75) is 13.8 Å². The Morgan fingerprint density at radius 2 is 1.15 bits per heavy atom. The standard InChI is InChI=1S/C30H26N4/c1-22-13-17-25(18-14-22)31-28-21-29(32-24-9-5-3-6-10-24)34(27-11-7-4-8-12-27)30(28)33-26-19-15-23(2)16-20-26/h3-21,31H,1-2H3. The maximum Gasteiger partial charge on any atom is 0.163 e. The van der Waals surface area contributed by atoms with Crippen molar-refractivity contribution in [3.05, 3.63) is 132 Å². The third-order valence-corrected chi connectivity index (χ3v) is 5.57. The predicted molar refractivity (Wildman–Crippen MR) is 144 cm³/mol. The smallest absolute Gasteiger partial charge is 0.163 e. The molecule has 1 N–H and O–H groups in total. The highest BCUT2D eigenvalue weighted by molar-refractivity contribution is 6.35. The highest BCUT2D eigenvalue weighted by Gasteiger charge is 2.29. The SMILES string of the molecule is Cc1ccc(N=C2C(Nc3ccc(C)cc3)=CC(=Nc3ccccc3)N2c2ccccc2)cc1. The molecule has 166 valence electrons. The zero-order valence-corrected chi connectivity index (χ0v) is 19.3. The third-order valence-electron chi connectivity index (χ3n) is 5.57. The van der Waals surface area contributed by atoms with E-state index in [-0.39, 0.29) is 0 Å². The number of rotatable bonds is 5. The van der Waals surface area contributed by atoms with Crippen molar-refractivity contribution in [2.24, 2.45) is 9.98 Å². The number of para-hydroxylation sites is 2. The number of hydrogen-bond donors (Lipinski definition) is 1. The minimum Gasteiger partial charge on any atom is -0.352 e. The number of aryl methyl sites for hydroxylation is 2. The molecule has 34 heavy (non-hydrogen) atoms. The van der Waals surface area contributed by atoms with Gasteiger partial charge in [0.15, 0.2) is 5.84 Å². The minimum absolute atomic E-state index is 0.797. The monoisotopic (exact) mass is 442 g/mol. The van der Waals surface area contributed by atoms with Crippen LogP contribution in [0.15, 0.2) is 131 Å². The molecule has 0 bridgehead atoms. The maximum absolute atomic E-state index is 5.07. The first-order valence-corrected chi connectivity index (χ1v) is 11.4. The Morgan fingerprint density at radius 3 is 1.79 bits per heavy atom. The Kier molecular flexibility index (Phi) is 6.04. The molecule has 1 aliphatic heterocycles. The quantitative estimate of drug-likeness (QED) is 0.346. The first-order valence-electron chi connectivity index (χ1n) is 11.4. The summed E-state index contributed by atoms with van der Waals surface area (Å²) in [5, 5.41) is 3.57. The van der Waals surface area contributed by atoms with Crippen LogP contribution in [0.3, 0.4) is 0 Å². The summed E-state index contributed by atoms with van der Waals surface area (Å²) in [6, 6.07) is 36.9. The van der Waals surface area contributed by atoms with E-state index in [2.05, 4.69) is 78.7 Å². The molecule has 0 saturated heterocycles. The second-order valence-electron chi connectivity index (χ2n) is 8.30. The van der Waals surface area contributed by atoms with Gasteiger partial charge < -0.3 is 5.32 Å². The summed E-state index contributed by atoms with van der Waals surface area (Å²) < 4.78 is 0. The van der Waals surface area contributed by atoms with Crippen LogP contribution in [0.25, 0.3) is 0 Å². The lowest BCUT2D eigenvalue weighted by Crippen LogP contribution is -2.32. The van der Waals surface area contributed by atoms with Gasteiger partial charge in [0.1, 0.15) is 5.84 Å². The summed E-state index contributed by atoms with van der Waals surface area (Å²) in [4.78, 5) is 12.1. The van der Waals surface area contributed by atoms with E-state index in [9.17, 15) is 0 Å². The molecule has 0 spiro atoms. The lowest BCUT2D eigenvalue weighted by molar-refractivity contribution is 1.35. The van der Waals surface area contributed by atoms with Crippen molar-refractivity contribution in [2.75, 3.05) is 10.2 Å². The first-order chi connectivity index (χ1) is 16.7. The van der Waals surface area contributed by atoms with Gasteiger partial charge in [-0.2, -0.15) is 0 Å². The molecular formula is C30H26N4. The summed E-state index contributed by atoms with van der Waals surface area (Å²) in [5.74, 6) is 1.60. The average molecular weight is 443 g/mol. The van der Waals surface area contributed by atoms with Gasteiger partial charge in [-0.15, -0.1) is 0 Å². The molecule has 4 aromatic carbocycles. The molecule has 5 rings (SSSR count). The molecule has 4 nitrogen and oxygen atoms in total. The van der Waals surface area contributed by atoms with Gasteiger partial charge in [-0.3, -0.25) is 4.90 Å². The van der Waals surface area contributed by atoms with Gasteiger partial charge >= 0.3 is 0 Å². The number of nitrogens with zero attached hydrogens (tertiary/aromatic N) is 3. The van der Waals surface area contributed by atoms with Gasteiger partial charge in [0.05, 0.1) is 17.1 Å². The Morgan fingerprint density at radius 1 is 0.588 bits per heavy atom. The van der Waals surface area contributed by atoms with Crippen LogP contribution >= 0.6 is 0 Å². The second-order valence-corrected chi connectivity index (χ2v) is 8.30. The number of hydrogen-bond acceptors (Lipinski definition) is 3. The van der Waals surface area contributed by atoms with Gasteiger partial charge in [0, 0.05) is 17.5 Å². The lowest BCUT2D eigenvalue weighted by atomic mass is 10.2. The molecule has 1 heterocycles. The Bertz CT molecular complexity index is 1350. The zero-order valence-electron chi connectivity index (χ0n) is 19.3. The molecule has 4 aromatic rings. The lowest BCUT2D eigenvalue weighted by Gasteiger charge is -2.22. The van der Waals surface area contributed by atoms with E-state index >= 15 is 0 Å². The molecule has 4 heteroatoms. The highest BCUT2D eigenvalue weighted by atomic mass is 15.3. The highest BCUT2D eigenvalue weighted by Crippen LogP contribution is 2.29. The molecule has 0 saturated carbocycles. The third kappa shape index (κ3) is 4.81. The number of aliphatic imine (C=N–C) groups is 2. The number of anilines is 2. The van der Waals surface area contributed by atoms with Crippen molar-refractivity contribution < 1.29 is 0 Å². The Labute approximate surface area is 200 Å². The molecule has 0 aliphatic carbocycles. The van der Waals surface area contributed by atoms with Crippen LogP contribution in [0.1, 0.15) is 11.1 Å². The second kappa shape index (κ2) is 9.59. The van der Waals surface area contributed by atoms with Crippen molar-refractivity contribution in [3.63, 3.8) is 0 Å².